The maximum atomic E-state index is 9.68. The highest BCUT2D eigenvalue weighted by Crippen LogP contribution is 2.29. The molecule has 106 valence electrons. The van der Waals surface area contributed by atoms with Crippen molar-refractivity contribution < 1.29 is 5.11 Å². The van der Waals surface area contributed by atoms with E-state index in [1.165, 1.54) is 5.56 Å². The molecule has 0 aromatic carbocycles. The SMILES string of the molecule is CC(N)C(c1cccnc1)N1CCC(C(C)O)CC1. The van der Waals surface area contributed by atoms with Gasteiger partial charge >= 0.3 is 0 Å². The number of nitrogens with two attached hydrogens (primary N) is 1. The normalized spacial score (nSPS) is 22.9. The van der Waals surface area contributed by atoms with Gasteiger partial charge in [-0.05, 0) is 57.3 Å². The third-order valence-corrected chi connectivity index (χ3v) is 4.17. The summed E-state index contributed by atoms with van der Waals surface area (Å²) in [6, 6.07) is 4.37. The first-order valence-electron chi connectivity index (χ1n) is 7.17. The van der Waals surface area contributed by atoms with E-state index >= 15 is 0 Å². The van der Waals surface area contributed by atoms with E-state index in [0.29, 0.717) is 5.92 Å². The average molecular weight is 263 g/mol. The minimum Gasteiger partial charge on any atom is -0.393 e. The fraction of sp³-hybridized carbons (Fsp3) is 0.667. The summed E-state index contributed by atoms with van der Waals surface area (Å²) in [5.74, 6) is 0.430. The van der Waals surface area contributed by atoms with Gasteiger partial charge in [-0.15, -0.1) is 0 Å². The molecule has 3 atom stereocenters. The number of hydrogen-bond acceptors (Lipinski definition) is 4. The second kappa shape index (κ2) is 6.46. The zero-order chi connectivity index (χ0) is 13.8. The van der Waals surface area contributed by atoms with Crippen molar-refractivity contribution in [2.24, 2.45) is 11.7 Å². The van der Waals surface area contributed by atoms with Gasteiger partial charge in [-0.2, -0.15) is 0 Å². The highest BCUT2D eigenvalue weighted by molar-refractivity contribution is 5.16. The van der Waals surface area contributed by atoms with Gasteiger partial charge < -0.3 is 10.8 Å². The molecule has 0 saturated carbocycles. The Kier molecular flexibility index (Phi) is 4.91. The highest BCUT2D eigenvalue weighted by atomic mass is 16.3. The molecule has 0 spiro atoms. The van der Waals surface area contributed by atoms with E-state index in [0.717, 1.165) is 25.9 Å². The molecule has 2 heterocycles. The van der Waals surface area contributed by atoms with E-state index in [4.69, 9.17) is 5.73 Å². The van der Waals surface area contributed by atoms with Gasteiger partial charge in [0.1, 0.15) is 0 Å². The van der Waals surface area contributed by atoms with E-state index in [-0.39, 0.29) is 18.2 Å². The minimum absolute atomic E-state index is 0.0762. The summed E-state index contributed by atoms with van der Waals surface area (Å²) in [7, 11) is 0. The van der Waals surface area contributed by atoms with Gasteiger partial charge in [0.2, 0.25) is 0 Å². The summed E-state index contributed by atoms with van der Waals surface area (Å²) in [6.07, 6.45) is 5.59. The molecule has 1 aliphatic heterocycles. The molecular weight excluding hydrogens is 238 g/mol. The largest absolute Gasteiger partial charge is 0.393 e. The third kappa shape index (κ3) is 3.53. The van der Waals surface area contributed by atoms with Gasteiger partial charge in [-0.1, -0.05) is 6.07 Å². The quantitative estimate of drug-likeness (QED) is 0.865. The molecule has 4 heteroatoms. The zero-order valence-electron chi connectivity index (χ0n) is 11.9. The maximum absolute atomic E-state index is 9.68. The zero-order valence-corrected chi connectivity index (χ0v) is 11.9. The number of aromatic nitrogens is 1. The number of rotatable bonds is 4. The Balaban J connectivity index is 2.06. The van der Waals surface area contributed by atoms with Crippen LogP contribution in [0.4, 0.5) is 0 Å². The Bertz CT molecular complexity index is 372. The molecule has 0 amide bonds. The van der Waals surface area contributed by atoms with Crippen LogP contribution in [-0.4, -0.2) is 40.2 Å². The van der Waals surface area contributed by atoms with Crippen molar-refractivity contribution in [2.75, 3.05) is 13.1 Å². The first-order chi connectivity index (χ1) is 9.09. The lowest BCUT2D eigenvalue weighted by Gasteiger charge is -2.40. The van der Waals surface area contributed by atoms with Crippen molar-refractivity contribution in [3.05, 3.63) is 30.1 Å². The summed E-state index contributed by atoms with van der Waals surface area (Å²) in [6.45, 7) is 5.94. The lowest BCUT2D eigenvalue weighted by atomic mass is 9.89. The molecule has 4 nitrogen and oxygen atoms in total. The molecule has 1 aliphatic rings. The first kappa shape index (κ1) is 14.4. The molecule has 2 rings (SSSR count). The van der Waals surface area contributed by atoms with E-state index < -0.39 is 0 Å². The average Bonchev–Trinajstić information content (AvgIpc) is 2.40. The van der Waals surface area contributed by atoms with Crippen molar-refractivity contribution in [3.63, 3.8) is 0 Å². The topological polar surface area (TPSA) is 62.4 Å². The minimum atomic E-state index is -0.200. The van der Waals surface area contributed by atoms with Gasteiger partial charge in [-0.25, -0.2) is 0 Å². The van der Waals surface area contributed by atoms with Crippen molar-refractivity contribution in [1.29, 1.82) is 0 Å². The summed E-state index contributed by atoms with van der Waals surface area (Å²) in [5, 5.41) is 9.68. The van der Waals surface area contributed by atoms with Crippen LogP contribution in [0.15, 0.2) is 24.5 Å². The predicted octanol–water partition coefficient (Wildman–Crippen LogP) is 1.56. The Morgan fingerprint density at radius 2 is 2.05 bits per heavy atom. The lowest BCUT2D eigenvalue weighted by molar-refractivity contribution is 0.0511. The molecule has 1 aromatic rings. The van der Waals surface area contributed by atoms with Crippen LogP contribution < -0.4 is 5.73 Å². The van der Waals surface area contributed by atoms with E-state index in [2.05, 4.69) is 22.9 Å². The summed E-state index contributed by atoms with van der Waals surface area (Å²) in [4.78, 5) is 6.63. The van der Waals surface area contributed by atoms with Crippen LogP contribution in [0.1, 0.15) is 38.3 Å². The van der Waals surface area contributed by atoms with Gasteiger partial charge in [-0.3, -0.25) is 9.88 Å². The monoisotopic (exact) mass is 263 g/mol. The fourth-order valence-electron chi connectivity index (χ4n) is 3.08. The first-order valence-corrected chi connectivity index (χ1v) is 7.17. The predicted molar refractivity (Wildman–Crippen MR) is 76.6 cm³/mol. The third-order valence-electron chi connectivity index (χ3n) is 4.17. The number of hydrogen-bond donors (Lipinski definition) is 2. The van der Waals surface area contributed by atoms with Crippen molar-refractivity contribution in [1.82, 2.24) is 9.88 Å². The number of pyridine rings is 1. The van der Waals surface area contributed by atoms with Crippen molar-refractivity contribution >= 4 is 0 Å². The summed E-state index contributed by atoms with van der Waals surface area (Å²) in [5.41, 5.74) is 7.36. The molecule has 0 aliphatic carbocycles. The van der Waals surface area contributed by atoms with Crippen LogP contribution in [0, 0.1) is 5.92 Å². The molecule has 1 aromatic heterocycles. The Hall–Kier alpha value is -0.970. The van der Waals surface area contributed by atoms with Crippen molar-refractivity contribution in [2.45, 2.75) is 44.9 Å². The lowest BCUT2D eigenvalue weighted by Crippen LogP contribution is -2.45. The molecule has 3 N–H and O–H groups in total. The van der Waals surface area contributed by atoms with Gasteiger partial charge in [0.05, 0.1) is 12.1 Å². The molecular formula is C15H25N3O. The number of likely N-dealkylation sites (tertiary alicyclic amines) is 1. The Morgan fingerprint density at radius 1 is 1.37 bits per heavy atom. The Morgan fingerprint density at radius 3 is 2.53 bits per heavy atom. The molecule has 19 heavy (non-hydrogen) atoms. The van der Waals surface area contributed by atoms with Crippen LogP contribution in [0.2, 0.25) is 0 Å². The number of aliphatic hydroxyl groups excluding tert-OH is 1. The molecule has 1 fully saturated rings. The molecule has 1 saturated heterocycles. The van der Waals surface area contributed by atoms with E-state index in [1.807, 2.05) is 19.2 Å². The van der Waals surface area contributed by atoms with E-state index in [9.17, 15) is 5.11 Å². The standard InChI is InChI=1S/C15H25N3O/c1-11(16)15(14-4-3-7-17-10-14)18-8-5-13(6-9-18)12(2)19/h3-4,7,10-13,15,19H,5-6,8-9,16H2,1-2H3. The summed E-state index contributed by atoms with van der Waals surface area (Å²) >= 11 is 0. The Labute approximate surface area is 115 Å². The molecule has 0 bridgehead atoms. The van der Waals surface area contributed by atoms with Gasteiger partial charge in [0, 0.05) is 18.4 Å². The van der Waals surface area contributed by atoms with Crippen LogP contribution in [-0.2, 0) is 0 Å². The highest BCUT2D eigenvalue weighted by Gasteiger charge is 2.29. The second-order valence-corrected chi connectivity index (χ2v) is 5.70. The van der Waals surface area contributed by atoms with Crippen LogP contribution in [0.3, 0.4) is 0 Å². The van der Waals surface area contributed by atoms with Gasteiger partial charge in [0.25, 0.3) is 0 Å². The van der Waals surface area contributed by atoms with Gasteiger partial charge in [0.15, 0.2) is 0 Å². The smallest absolute Gasteiger partial charge is 0.0541 e. The number of piperidine rings is 1. The molecule has 0 radical (unpaired) electrons. The maximum Gasteiger partial charge on any atom is 0.0541 e. The van der Waals surface area contributed by atoms with Crippen LogP contribution in [0.25, 0.3) is 0 Å². The number of nitrogens with zero attached hydrogens (tertiary/aromatic N) is 2. The second-order valence-electron chi connectivity index (χ2n) is 5.70. The van der Waals surface area contributed by atoms with E-state index in [1.54, 1.807) is 6.20 Å². The molecule has 3 unspecified atom stereocenters. The summed E-state index contributed by atoms with van der Waals surface area (Å²) < 4.78 is 0. The fourth-order valence-corrected chi connectivity index (χ4v) is 3.08. The van der Waals surface area contributed by atoms with Crippen molar-refractivity contribution in [3.8, 4) is 0 Å². The van der Waals surface area contributed by atoms with Crippen LogP contribution in [0.5, 0.6) is 0 Å². The van der Waals surface area contributed by atoms with Crippen LogP contribution >= 0.6 is 0 Å². The number of aliphatic hydroxyl groups is 1.